The van der Waals surface area contributed by atoms with E-state index in [1.165, 1.54) is 12.1 Å². The van der Waals surface area contributed by atoms with Gasteiger partial charge in [-0.1, -0.05) is 12.1 Å². The van der Waals surface area contributed by atoms with Crippen LogP contribution in [0, 0.1) is 5.82 Å². The summed E-state index contributed by atoms with van der Waals surface area (Å²) in [6.45, 7) is 2.00. The van der Waals surface area contributed by atoms with E-state index in [1.807, 2.05) is 0 Å². The van der Waals surface area contributed by atoms with Gasteiger partial charge >= 0.3 is 6.03 Å². The first-order valence-electron chi connectivity index (χ1n) is 9.86. The summed E-state index contributed by atoms with van der Waals surface area (Å²) in [5.41, 5.74) is 0.855. The van der Waals surface area contributed by atoms with Crippen LogP contribution in [0.3, 0.4) is 0 Å². The van der Waals surface area contributed by atoms with Crippen LogP contribution in [0.4, 0.5) is 9.18 Å². The van der Waals surface area contributed by atoms with E-state index < -0.39 is 5.79 Å². The topological polar surface area (TPSA) is 68.8 Å². The van der Waals surface area contributed by atoms with Crippen molar-refractivity contribution in [2.24, 2.45) is 0 Å². The number of amides is 2. The van der Waals surface area contributed by atoms with E-state index in [0.29, 0.717) is 19.8 Å². The average molecular weight is 378 g/mol. The van der Waals surface area contributed by atoms with Gasteiger partial charge in [0.2, 0.25) is 0 Å². The van der Waals surface area contributed by atoms with Crippen LogP contribution in [-0.2, 0) is 14.2 Å². The number of hydrogen-bond acceptors (Lipinski definition) is 4. The van der Waals surface area contributed by atoms with Gasteiger partial charge in [-0.3, -0.25) is 0 Å². The summed E-state index contributed by atoms with van der Waals surface area (Å²) in [6, 6.07) is 5.85. The fraction of sp³-hybridized carbons (Fsp3) is 0.650. The number of halogens is 1. The molecule has 2 aliphatic heterocycles. The molecule has 2 heterocycles. The van der Waals surface area contributed by atoms with Crippen molar-refractivity contribution in [2.45, 2.75) is 62.5 Å². The predicted octanol–water partition coefficient (Wildman–Crippen LogP) is 3.03. The number of carbonyl (C=O) groups is 1. The van der Waals surface area contributed by atoms with E-state index in [1.54, 1.807) is 12.1 Å². The molecule has 2 saturated heterocycles. The Kier molecular flexibility index (Phi) is 5.61. The summed E-state index contributed by atoms with van der Waals surface area (Å²) in [5.74, 6) is -0.718. The molecule has 0 radical (unpaired) electrons. The molecule has 4 rings (SSSR count). The molecule has 2 N–H and O–H groups in total. The van der Waals surface area contributed by atoms with Crippen molar-refractivity contribution < 1.29 is 23.4 Å². The molecular weight excluding hydrogens is 351 g/mol. The molecule has 6 nitrogen and oxygen atoms in total. The highest BCUT2D eigenvalue weighted by molar-refractivity contribution is 5.75. The maximum absolute atomic E-state index is 13.3. The molecule has 2 unspecified atom stereocenters. The van der Waals surface area contributed by atoms with E-state index in [4.69, 9.17) is 14.2 Å². The van der Waals surface area contributed by atoms with Crippen LogP contribution in [0.2, 0.25) is 0 Å². The summed E-state index contributed by atoms with van der Waals surface area (Å²) in [6.07, 6.45) is 5.01. The Morgan fingerprint density at radius 1 is 1.07 bits per heavy atom. The van der Waals surface area contributed by atoms with Crippen molar-refractivity contribution in [2.75, 3.05) is 19.8 Å². The first-order chi connectivity index (χ1) is 13.1. The standard InChI is InChI=1S/C20H27FN2O4/c21-15-5-3-14(4-6-15)18(17-2-1-11-25-17)23-19(24)22-16-7-9-20(10-8-16)26-12-13-27-20/h3-6,16-18H,1-2,7-13H2,(H2,22,23,24). The molecule has 3 fully saturated rings. The molecule has 1 saturated carbocycles. The third kappa shape index (κ3) is 4.42. The highest BCUT2D eigenvalue weighted by Gasteiger charge is 2.40. The second-order valence-electron chi connectivity index (χ2n) is 7.58. The summed E-state index contributed by atoms with van der Waals surface area (Å²) in [4.78, 5) is 12.6. The van der Waals surface area contributed by atoms with Gasteiger partial charge in [0.15, 0.2) is 5.79 Å². The zero-order valence-corrected chi connectivity index (χ0v) is 15.4. The maximum atomic E-state index is 13.3. The van der Waals surface area contributed by atoms with Gasteiger partial charge in [0.25, 0.3) is 0 Å². The molecule has 7 heteroatoms. The van der Waals surface area contributed by atoms with E-state index in [-0.39, 0.29) is 30.0 Å². The molecule has 0 bridgehead atoms. The molecule has 0 aromatic heterocycles. The molecule has 1 aromatic rings. The Morgan fingerprint density at radius 3 is 2.41 bits per heavy atom. The van der Waals surface area contributed by atoms with Gasteiger partial charge in [0, 0.05) is 25.5 Å². The zero-order chi connectivity index (χ0) is 18.7. The second-order valence-corrected chi connectivity index (χ2v) is 7.58. The molecule has 27 heavy (non-hydrogen) atoms. The molecule has 1 spiro atoms. The summed E-state index contributed by atoms with van der Waals surface area (Å²) in [5, 5.41) is 6.11. The van der Waals surface area contributed by atoms with Crippen LogP contribution in [-0.4, -0.2) is 43.8 Å². The summed E-state index contributed by atoms with van der Waals surface area (Å²) < 4.78 is 30.5. The first-order valence-corrected chi connectivity index (χ1v) is 9.86. The Morgan fingerprint density at radius 2 is 1.78 bits per heavy atom. The summed E-state index contributed by atoms with van der Waals surface area (Å²) >= 11 is 0. The smallest absolute Gasteiger partial charge is 0.315 e. The van der Waals surface area contributed by atoms with E-state index >= 15 is 0 Å². The summed E-state index contributed by atoms with van der Waals surface area (Å²) in [7, 11) is 0. The van der Waals surface area contributed by atoms with Crippen molar-refractivity contribution in [3.05, 3.63) is 35.6 Å². The Hall–Kier alpha value is -1.70. The largest absolute Gasteiger partial charge is 0.376 e. The van der Waals surface area contributed by atoms with E-state index in [9.17, 15) is 9.18 Å². The zero-order valence-electron chi connectivity index (χ0n) is 15.4. The van der Waals surface area contributed by atoms with E-state index in [0.717, 1.165) is 44.1 Å². The van der Waals surface area contributed by atoms with Crippen LogP contribution in [0.5, 0.6) is 0 Å². The number of benzene rings is 1. The maximum Gasteiger partial charge on any atom is 0.315 e. The van der Waals surface area contributed by atoms with Crippen molar-refractivity contribution in [1.82, 2.24) is 10.6 Å². The number of nitrogens with one attached hydrogen (secondary N) is 2. The fourth-order valence-electron chi connectivity index (χ4n) is 4.28. The number of urea groups is 1. The number of hydrogen-bond donors (Lipinski definition) is 2. The van der Waals surface area contributed by atoms with Crippen LogP contribution < -0.4 is 10.6 Å². The minimum absolute atomic E-state index is 0.0869. The van der Waals surface area contributed by atoms with Gasteiger partial charge in [-0.05, 0) is 43.4 Å². The third-order valence-electron chi connectivity index (χ3n) is 5.75. The van der Waals surface area contributed by atoms with Gasteiger partial charge in [0.05, 0.1) is 25.4 Å². The van der Waals surface area contributed by atoms with Crippen molar-refractivity contribution in [3.63, 3.8) is 0 Å². The first kappa shape index (κ1) is 18.7. The second kappa shape index (κ2) is 8.12. The fourth-order valence-corrected chi connectivity index (χ4v) is 4.28. The minimum Gasteiger partial charge on any atom is -0.376 e. The van der Waals surface area contributed by atoms with Crippen LogP contribution >= 0.6 is 0 Å². The quantitative estimate of drug-likeness (QED) is 0.845. The van der Waals surface area contributed by atoms with Gasteiger partial charge in [-0.15, -0.1) is 0 Å². The lowest BCUT2D eigenvalue weighted by Crippen LogP contribution is -2.49. The predicted molar refractivity (Wildman–Crippen MR) is 96.7 cm³/mol. The number of carbonyl (C=O) groups excluding carboxylic acids is 1. The normalized spacial score (nSPS) is 26.2. The van der Waals surface area contributed by atoms with Gasteiger partial charge in [0.1, 0.15) is 5.82 Å². The lowest BCUT2D eigenvalue weighted by atomic mass is 9.90. The monoisotopic (exact) mass is 378 g/mol. The van der Waals surface area contributed by atoms with Gasteiger partial charge in [-0.25, -0.2) is 9.18 Å². The number of ether oxygens (including phenoxy) is 3. The van der Waals surface area contributed by atoms with Gasteiger partial charge in [-0.2, -0.15) is 0 Å². The molecule has 3 aliphatic rings. The van der Waals surface area contributed by atoms with Crippen LogP contribution in [0.15, 0.2) is 24.3 Å². The Labute approximate surface area is 158 Å². The molecule has 2 amide bonds. The highest BCUT2D eigenvalue weighted by atomic mass is 19.1. The molecule has 1 aliphatic carbocycles. The molecule has 148 valence electrons. The van der Waals surface area contributed by atoms with Gasteiger partial charge < -0.3 is 24.8 Å². The highest BCUT2D eigenvalue weighted by Crippen LogP contribution is 2.35. The lowest BCUT2D eigenvalue weighted by molar-refractivity contribution is -0.179. The third-order valence-corrected chi connectivity index (χ3v) is 5.75. The Bertz CT molecular complexity index is 632. The van der Waals surface area contributed by atoms with Crippen molar-refractivity contribution >= 4 is 6.03 Å². The molecule has 1 aromatic carbocycles. The van der Waals surface area contributed by atoms with Crippen molar-refractivity contribution in [3.8, 4) is 0 Å². The van der Waals surface area contributed by atoms with Crippen LogP contribution in [0.1, 0.15) is 50.1 Å². The SMILES string of the molecule is O=C(NC1CCC2(CC1)OCCO2)NC(c1ccc(F)cc1)C1CCCO1. The minimum atomic E-state index is -0.428. The van der Waals surface area contributed by atoms with Crippen LogP contribution in [0.25, 0.3) is 0 Å². The van der Waals surface area contributed by atoms with Crippen molar-refractivity contribution in [1.29, 1.82) is 0 Å². The molecular formula is C20H27FN2O4. The molecule has 2 atom stereocenters. The van der Waals surface area contributed by atoms with E-state index in [2.05, 4.69) is 10.6 Å². The Balaban J connectivity index is 1.35. The lowest BCUT2D eigenvalue weighted by Gasteiger charge is -2.36. The number of rotatable bonds is 4. The average Bonchev–Trinajstić information content (AvgIpc) is 3.35.